The smallest absolute Gasteiger partial charge is 0.356 e. The Balaban J connectivity index is 1.89. The highest BCUT2D eigenvalue weighted by atomic mass is 35.5. The zero-order valence-electron chi connectivity index (χ0n) is 22.9. The van der Waals surface area contributed by atoms with Gasteiger partial charge in [-0.1, -0.05) is 36.7 Å². The Hall–Kier alpha value is -4.10. The van der Waals surface area contributed by atoms with Crippen molar-refractivity contribution in [2.24, 2.45) is 0 Å². The van der Waals surface area contributed by atoms with Crippen LogP contribution >= 0.6 is 11.6 Å². The summed E-state index contributed by atoms with van der Waals surface area (Å²) in [6.07, 6.45) is -0.188. The molecule has 12 nitrogen and oxygen atoms in total. The normalized spacial score (nSPS) is 15.9. The maximum absolute atomic E-state index is 14.0. The van der Waals surface area contributed by atoms with Crippen molar-refractivity contribution in [2.45, 2.75) is 24.9 Å². The van der Waals surface area contributed by atoms with Crippen LogP contribution < -0.4 is 16.2 Å². The lowest BCUT2D eigenvalue weighted by molar-refractivity contribution is -0.169. The summed E-state index contributed by atoms with van der Waals surface area (Å²) in [6.45, 7) is 4.02. The number of hydrogen-bond acceptors (Lipinski definition) is 9. The number of carbonyl (C=O) groups is 4. The first kappa shape index (κ1) is 30.8. The van der Waals surface area contributed by atoms with Crippen molar-refractivity contribution < 1.29 is 33.8 Å². The van der Waals surface area contributed by atoms with E-state index >= 15 is 0 Å². The fourth-order valence-electron chi connectivity index (χ4n) is 4.83. The van der Waals surface area contributed by atoms with Crippen LogP contribution in [0.15, 0.2) is 59.4 Å². The molecular formula is C29H31ClN4O8. The monoisotopic (exact) mass is 598 g/mol. The summed E-state index contributed by atoms with van der Waals surface area (Å²) in [5, 5.41) is 16.8. The zero-order chi connectivity index (χ0) is 30.3. The summed E-state index contributed by atoms with van der Waals surface area (Å²) in [7, 11) is 0. The molecule has 2 heterocycles. The van der Waals surface area contributed by atoms with E-state index in [1.807, 2.05) is 4.90 Å². The molecule has 1 unspecified atom stereocenters. The van der Waals surface area contributed by atoms with Gasteiger partial charge in [-0.15, -0.1) is 0 Å². The maximum atomic E-state index is 14.0. The molecule has 0 bridgehead atoms. The van der Waals surface area contributed by atoms with Crippen LogP contribution in [-0.2, 0) is 23.9 Å². The molecule has 1 amide bonds. The molecule has 1 fully saturated rings. The van der Waals surface area contributed by atoms with Gasteiger partial charge >= 0.3 is 17.9 Å². The lowest BCUT2D eigenvalue weighted by Crippen LogP contribution is -2.70. The fourth-order valence-corrected chi connectivity index (χ4v) is 4.95. The van der Waals surface area contributed by atoms with Gasteiger partial charge in [-0.2, -0.15) is 0 Å². The molecule has 4 N–H and O–H groups in total. The summed E-state index contributed by atoms with van der Waals surface area (Å²) in [6, 6.07) is 13.2. The van der Waals surface area contributed by atoms with Crippen LogP contribution in [0.5, 0.6) is 0 Å². The average molecular weight is 599 g/mol. The molecule has 1 aromatic heterocycles. The molecule has 13 heteroatoms. The van der Waals surface area contributed by atoms with Crippen LogP contribution in [0.3, 0.4) is 0 Å². The summed E-state index contributed by atoms with van der Waals surface area (Å²) in [5.74, 6) is -6.58. The summed E-state index contributed by atoms with van der Waals surface area (Å²) >= 11 is 5.98. The Morgan fingerprint density at radius 3 is 2.48 bits per heavy atom. The van der Waals surface area contributed by atoms with Crippen LogP contribution in [-0.4, -0.2) is 83.9 Å². The highest BCUT2D eigenvalue weighted by Crippen LogP contribution is 2.33. The number of aromatic nitrogens is 1. The number of esters is 2. The number of nitrogens with one attached hydrogen (secondary N) is 3. The number of carboxylic acid groups (broad SMARTS) is 1. The number of amides is 1. The number of ether oxygens (including phenoxy) is 2. The molecule has 2 atom stereocenters. The highest BCUT2D eigenvalue weighted by Gasteiger charge is 2.54. The summed E-state index contributed by atoms with van der Waals surface area (Å²) < 4.78 is 10.5. The molecule has 222 valence electrons. The third kappa shape index (κ3) is 7.02. The number of fused-ring (bicyclic) bond motifs is 1. The Kier molecular flexibility index (Phi) is 10.1. The predicted molar refractivity (Wildman–Crippen MR) is 153 cm³/mol. The Bertz CT molecular complexity index is 1520. The van der Waals surface area contributed by atoms with E-state index in [9.17, 15) is 29.1 Å². The van der Waals surface area contributed by atoms with Crippen molar-refractivity contribution in [3.8, 4) is 0 Å². The van der Waals surface area contributed by atoms with Gasteiger partial charge in [0.2, 0.25) is 11.2 Å². The molecular weight excluding hydrogens is 568 g/mol. The molecule has 2 aromatic carbocycles. The van der Waals surface area contributed by atoms with E-state index in [-0.39, 0.29) is 24.1 Å². The van der Waals surface area contributed by atoms with Crippen molar-refractivity contribution in [3.63, 3.8) is 0 Å². The number of hydrogen-bond donors (Lipinski definition) is 4. The molecule has 4 rings (SSSR count). The molecule has 1 aliphatic heterocycles. The second kappa shape index (κ2) is 13.7. The number of aromatic amines is 1. The number of carboxylic acids is 1. The highest BCUT2D eigenvalue weighted by molar-refractivity contribution is 6.30. The molecule has 0 saturated carbocycles. The van der Waals surface area contributed by atoms with E-state index < -0.39 is 41.0 Å². The SMILES string of the molecule is CCC(=O)OC(=O)[C@](NCCN1CCOCC1)(NC(=O)c1ccc(Cl)cc1)C(C(=O)O)c1cc(=O)[nH]c2ccccc12. The lowest BCUT2D eigenvalue weighted by Gasteiger charge is -2.39. The minimum absolute atomic E-state index is 0.00121. The first-order chi connectivity index (χ1) is 20.1. The van der Waals surface area contributed by atoms with E-state index in [1.165, 1.54) is 31.2 Å². The van der Waals surface area contributed by atoms with Gasteiger partial charge in [0.05, 0.1) is 13.2 Å². The molecule has 0 aliphatic carbocycles. The van der Waals surface area contributed by atoms with Crippen LogP contribution in [0.4, 0.5) is 0 Å². The third-order valence-electron chi connectivity index (χ3n) is 6.94. The number of nitrogens with zero attached hydrogens (tertiary/aromatic N) is 1. The first-order valence-corrected chi connectivity index (χ1v) is 13.8. The van der Waals surface area contributed by atoms with Gasteiger partial charge in [0.15, 0.2) is 0 Å². The fraction of sp³-hybridized carbons (Fsp3) is 0.345. The van der Waals surface area contributed by atoms with Crippen LogP contribution in [0.2, 0.25) is 5.02 Å². The van der Waals surface area contributed by atoms with Crippen molar-refractivity contribution >= 4 is 46.3 Å². The van der Waals surface area contributed by atoms with Crippen LogP contribution in [0.25, 0.3) is 10.9 Å². The molecule has 0 radical (unpaired) electrons. The standard InChI is InChI=1S/C29H31ClN4O8/c1-2-24(36)42-28(40)29(31-11-12-34-13-15-41-16-14-34,33-26(37)18-7-9-19(30)10-8-18)25(27(38)39)21-17-23(35)32-22-6-4-3-5-20(21)22/h3-10,17,25,31H,2,11-16H2,1H3,(H,32,35)(H,33,37)(H,38,39)/t25?,29-/m1/s1. The number of pyridine rings is 1. The molecule has 0 spiro atoms. The summed E-state index contributed by atoms with van der Waals surface area (Å²) in [5.41, 5.74) is -2.85. The van der Waals surface area contributed by atoms with Gasteiger partial charge in [0.1, 0.15) is 5.92 Å². The van der Waals surface area contributed by atoms with Gasteiger partial charge in [0, 0.05) is 60.2 Å². The summed E-state index contributed by atoms with van der Waals surface area (Å²) in [4.78, 5) is 70.4. The number of H-pyrrole nitrogens is 1. The van der Waals surface area contributed by atoms with Gasteiger partial charge in [-0.3, -0.25) is 29.4 Å². The largest absolute Gasteiger partial charge is 0.481 e. The number of rotatable bonds is 11. The van der Waals surface area contributed by atoms with E-state index in [1.54, 1.807) is 24.3 Å². The minimum atomic E-state index is -2.53. The van der Waals surface area contributed by atoms with Gasteiger partial charge in [0.25, 0.3) is 5.91 Å². The number of morpholine rings is 1. The second-order valence-corrected chi connectivity index (χ2v) is 10.1. The Morgan fingerprint density at radius 2 is 1.81 bits per heavy atom. The number of benzene rings is 2. The van der Waals surface area contributed by atoms with Gasteiger partial charge in [-0.25, -0.2) is 4.79 Å². The van der Waals surface area contributed by atoms with Gasteiger partial charge < -0.3 is 24.9 Å². The maximum Gasteiger partial charge on any atom is 0.356 e. The van der Waals surface area contributed by atoms with Gasteiger partial charge in [-0.05, 0) is 35.9 Å². The zero-order valence-corrected chi connectivity index (χ0v) is 23.6. The molecule has 1 saturated heterocycles. The second-order valence-electron chi connectivity index (χ2n) is 9.67. The topological polar surface area (TPSA) is 167 Å². The van der Waals surface area contributed by atoms with E-state index in [0.29, 0.717) is 48.8 Å². The van der Waals surface area contributed by atoms with E-state index in [4.69, 9.17) is 21.1 Å². The predicted octanol–water partition coefficient (Wildman–Crippen LogP) is 1.88. The number of carbonyl (C=O) groups excluding carboxylic acids is 3. The number of para-hydroxylation sites is 1. The van der Waals surface area contributed by atoms with E-state index in [2.05, 4.69) is 15.6 Å². The van der Waals surface area contributed by atoms with Crippen molar-refractivity contribution in [1.82, 2.24) is 20.5 Å². The quantitative estimate of drug-likeness (QED) is 0.145. The molecule has 3 aromatic rings. The molecule has 42 heavy (non-hydrogen) atoms. The van der Waals surface area contributed by atoms with Crippen molar-refractivity contribution in [3.05, 3.63) is 81.1 Å². The Morgan fingerprint density at radius 1 is 1.12 bits per heavy atom. The van der Waals surface area contributed by atoms with Crippen LogP contribution in [0.1, 0.15) is 35.2 Å². The minimum Gasteiger partial charge on any atom is -0.481 e. The number of halogens is 1. The van der Waals surface area contributed by atoms with Crippen molar-refractivity contribution in [1.29, 1.82) is 0 Å². The third-order valence-corrected chi connectivity index (χ3v) is 7.20. The van der Waals surface area contributed by atoms with E-state index in [0.717, 1.165) is 6.07 Å². The number of aliphatic carboxylic acids is 1. The first-order valence-electron chi connectivity index (χ1n) is 13.4. The Labute approximate surface area is 245 Å². The molecule has 1 aliphatic rings. The van der Waals surface area contributed by atoms with Crippen LogP contribution in [0, 0.1) is 0 Å². The lowest BCUT2D eigenvalue weighted by atomic mass is 9.83. The van der Waals surface area contributed by atoms with Crippen molar-refractivity contribution in [2.75, 3.05) is 39.4 Å². The average Bonchev–Trinajstić information content (AvgIpc) is 2.97.